The highest BCUT2D eigenvalue weighted by atomic mass is 35.5. The fraction of sp³-hybridized carbons (Fsp3) is 0.222. The van der Waals surface area contributed by atoms with E-state index in [9.17, 15) is 18.0 Å². The van der Waals surface area contributed by atoms with Crippen molar-refractivity contribution in [2.75, 3.05) is 18.9 Å². The zero-order chi connectivity index (χ0) is 20.0. The van der Waals surface area contributed by atoms with Crippen molar-refractivity contribution in [2.24, 2.45) is 0 Å². The second-order valence-electron chi connectivity index (χ2n) is 5.72. The Morgan fingerprint density at radius 1 is 1.11 bits per heavy atom. The Morgan fingerprint density at radius 2 is 1.74 bits per heavy atom. The third-order valence-corrected chi connectivity index (χ3v) is 5.77. The average molecular weight is 411 g/mol. The van der Waals surface area contributed by atoms with Crippen LogP contribution in [0, 0.1) is 0 Å². The minimum atomic E-state index is -3.88. The number of ether oxygens (including phenoxy) is 1. The number of rotatable bonds is 7. The van der Waals surface area contributed by atoms with Crippen LogP contribution in [0.3, 0.4) is 0 Å². The van der Waals surface area contributed by atoms with Crippen LogP contribution >= 0.6 is 11.6 Å². The molecule has 0 aliphatic rings. The number of benzene rings is 2. The van der Waals surface area contributed by atoms with Crippen molar-refractivity contribution in [1.82, 2.24) is 4.31 Å². The molecule has 0 aliphatic carbocycles. The summed E-state index contributed by atoms with van der Waals surface area (Å²) in [7, 11) is -2.59. The molecule has 0 aliphatic heterocycles. The number of likely N-dealkylation sites (N-methyl/N-ethyl adjacent to an activating group) is 1. The molecule has 0 saturated heterocycles. The minimum Gasteiger partial charge on any atom is -0.460 e. The summed E-state index contributed by atoms with van der Waals surface area (Å²) in [6.07, 6.45) is 0. The Labute approximate surface area is 162 Å². The standard InChI is InChI=1S/C18H19ClN2O5S/c1-13(22)20-15-7-9-16(10-8-15)27(24,25)21(2)11-18(23)26-12-14-5-3-4-6-17(14)19/h3-10H,11-12H2,1-2H3,(H,20,22). The van der Waals surface area contributed by atoms with Gasteiger partial charge in [-0.3, -0.25) is 9.59 Å². The molecule has 0 atom stereocenters. The molecule has 0 aromatic heterocycles. The highest BCUT2D eigenvalue weighted by Gasteiger charge is 2.23. The molecule has 0 radical (unpaired) electrons. The van der Waals surface area contributed by atoms with Crippen LogP contribution in [0.5, 0.6) is 0 Å². The topological polar surface area (TPSA) is 92.8 Å². The molecular weight excluding hydrogens is 392 g/mol. The molecule has 0 spiro atoms. The van der Waals surface area contributed by atoms with Crippen LogP contribution in [0.4, 0.5) is 5.69 Å². The highest BCUT2D eigenvalue weighted by molar-refractivity contribution is 7.89. The second kappa shape index (κ2) is 8.98. The molecule has 0 heterocycles. The zero-order valence-corrected chi connectivity index (χ0v) is 16.4. The third-order valence-electron chi connectivity index (χ3n) is 3.58. The number of carbonyl (C=O) groups is 2. The van der Waals surface area contributed by atoms with Crippen molar-refractivity contribution in [2.45, 2.75) is 18.4 Å². The molecule has 0 fully saturated rings. The Balaban J connectivity index is 1.98. The van der Waals surface area contributed by atoms with Crippen LogP contribution in [0.25, 0.3) is 0 Å². The molecule has 0 unspecified atom stereocenters. The first-order valence-corrected chi connectivity index (χ1v) is 9.75. The Bertz CT molecular complexity index is 929. The lowest BCUT2D eigenvalue weighted by Crippen LogP contribution is -2.33. The maximum Gasteiger partial charge on any atom is 0.321 e. The predicted molar refractivity (Wildman–Crippen MR) is 102 cm³/mol. The molecule has 1 N–H and O–H groups in total. The summed E-state index contributed by atoms with van der Waals surface area (Å²) in [5.74, 6) is -0.958. The zero-order valence-electron chi connectivity index (χ0n) is 14.8. The van der Waals surface area contributed by atoms with Gasteiger partial charge in [-0.2, -0.15) is 4.31 Å². The number of hydrogen-bond acceptors (Lipinski definition) is 5. The monoisotopic (exact) mass is 410 g/mol. The van der Waals surface area contributed by atoms with E-state index in [1.165, 1.54) is 38.2 Å². The number of anilines is 1. The van der Waals surface area contributed by atoms with E-state index in [0.29, 0.717) is 16.3 Å². The van der Waals surface area contributed by atoms with Gasteiger partial charge in [-0.05, 0) is 30.3 Å². The van der Waals surface area contributed by atoms with E-state index in [4.69, 9.17) is 16.3 Å². The summed E-state index contributed by atoms with van der Waals surface area (Å²) in [4.78, 5) is 23.0. The second-order valence-corrected chi connectivity index (χ2v) is 8.17. The van der Waals surface area contributed by atoms with Gasteiger partial charge in [0, 0.05) is 30.2 Å². The van der Waals surface area contributed by atoms with Crippen molar-refractivity contribution in [3.8, 4) is 0 Å². The number of sulfonamides is 1. The van der Waals surface area contributed by atoms with E-state index in [2.05, 4.69) is 5.32 Å². The lowest BCUT2D eigenvalue weighted by molar-refractivity contribution is -0.144. The number of esters is 1. The van der Waals surface area contributed by atoms with Gasteiger partial charge in [-0.1, -0.05) is 29.8 Å². The fourth-order valence-electron chi connectivity index (χ4n) is 2.18. The Morgan fingerprint density at radius 3 is 2.33 bits per heavy atom. The van der Waals surface area contributed by atoms with E-state index >= 15 is 0 Å². The first kappa shape index (κ1) is 20.9. The number of halogens is 1. The van der Waals surface area contributed by atoms with Gasteiger partial charge in [0.15, 0.2) is 0 Å². The predicted octanol–water partition coefficient (Wildman–Crippen LogP) is 2.66. The van der Waals surface area contributed by atoms with E-state index in [0.717, 1.165) is 4.31 Å². The third kappa shape index (κ3) is 5.78. The molecular formula is C18H19ClN2O5S. The molecule has 27 heavy (non-hydrogen) atoms. The van der Waals surface area contributed by atoms with E-state index in [-0.39, 0.29) is 17.4 Å². The smallest absolute Gasteiger partial charge is 0.321 e. The molecule has 9 heteroatoms. The highest BCUT2D eigenvalue weighted by Crippen LogP contribution is 2.18. The van der Waals surface area contributed by atoms with Gasteiger partial charge in [0.2, 0.25) is 15.9 Å². The number of amides is 1. The molecule has 0 saturated carbocycles. The van der Waals surface area contributed by atoms with Crippen LogP contribution in [0.15, 0.2) is 53.4 Å². The van der Waals surface area contributed by atoms with Gasteiger partial charge in [0.25, 0.3) is 0 Å². The summed E-state index contributed by atoms with van der Waals surface area (Å²) < 4.78 is 31.1. The molecule has 1 amide bonds. The molecule has 2 aromatic carbocycles. The van der Waals surface area contributed by atoms with Crippen molar-refractivity contribution < 1.29 is 22.7 Å². The van der Waals surface area contributed by atoms with Crippen LogP contribution in [0.2, 0.25) is 5.02 Å². The van der Waals surface area contributed by atoms with Crippen molar-refractivity contribution in [3.05, 3.63) is 59.1 Å². The molecule has 2 aromatic rings. The van der Waals surface area contributed by atoms with E-state index < -0.39 is 22.5 Å². The van der Waals surface area contributed by atoms with Gasteiger partial charge in [-0.15, -0.1) is 0 Å². The van der Waals surface area contributed by atoms with Crippen molar-refractivity contribution in [1.29, 1.82) is 0 Å². The summed E-state index contributed by atoms with van der Waals surface area (Å²) in [6, 6.07) is 12.5. The largest absolute Gasteiger partial charge is 0.460 e. The first-order valence-electron chi connectivity index (χ1n) is 7.93. The van der Waals surface area contributed by atoms with Gasteiger partial charge in [0.05, 0.1) is 4.90 Å². The average Bonchev–Trinajstić information content (AvgIpc) is 2.61. The first-order chi connectivity index (χ1) is 12.7. The maximum atomic E-state index is 12.5. The molecule has 2 rings (SSSR count). The SMILES string of the molecule is CC(=O)Nc1ccc(S(=O)(=O)N(C)CC(=O)OCc2ccccc2Cl)cc1. The lowest BCUT2D eigenvalue weighted by atomic mass is 10.2. The van der Waals surface area contributed by atoms with Crippen LogP contribution in [-0.4, -0.2) is 38.2 Å². The Hall–Kier alpha value is -2.42. The summed E-state index contributed by atoms with van der Waals surface area (Å²) in [6.45, 7) is 0.866. The number of hydrogen-bond donors (Lipinski definition) is 1. The molecule has 7 nitrogen and oxygen atoms in total. The summed E-state index contributed by atoms with van der Waals surface area (Å²) in [5.41, 5.74) is 1.11. The van der Waals surface area contributed by atoms with E-state index in [1.54, 1.807) is 24.3 Å². The van der Waals surface area contributed by atoms with Gasteiger partial charge in [0.1, 0.15) is 13.2 Å². The molecule has 144 valence electrons. The normalized spacial score (nSPS) is 11.3. The minimum absolute atomic E-state index is 0.00185. The maximum absolute atomic E-state index is 12.5. The summed E-state index contributed by atoms with van der Waals surface area (Å²) in [5, 5.41) is 3.01. The number of nitrogens with zero attached hydrogens (tertiary/aromatic N) is 1. The van der Waals surface area contributed by atoms with Gasteiger partial charge < -0.3 is 10.1 Å². The Kier molecular flexibility index (Phi) is 6.95. The molecule has 0 bridgehead atoms. The van der Waals surface area contributed by atoms with E-state index in [1.807, 2.05) is 0 Å². The number of carbonyl (C=O) groups excluding carboxylic acids is 2. The van der Waals surface area contributed by atoms with Crippen LogP contribution in [-0.2, 0) is 31.0 Å². The number of nitrogens with one attached hydrogen (secondary N) is 1. The quantitative estimate of drug-likeness (QED) is 0.708. The van der Waals surface area contributed by atoms with Crippen LogP contribution < -0.4 is 5.32 Å². The summed E-state index contributed by atoms with van der Waals surface area (Å²) >= 11 is 5.99. The van der Waals surface area contributed by atoms with Gasteiger partial charge >= 0.3 is 5.97 Å². The fourth-order valence-corrected chi connectivity index (χ4v) is 3.49. The van der Waals surface area contributed by atoms with Crippen molar-refractivity contribution in [3.63, 3.8) is 0 Å². The lowest BCUT2D eigenvalue weighted by Gasteiger charge is -2.17. The van der Waals surface area contributed by atoms with Gasteiger partial charge in [-0.25, -0.2) is 8.42 Å². The van der Waals surface area contributed by atoms with Crippen LogP contribution in [0.1, 0.15) is 12.5 Å². The van der Waals surface area contributed by atoms with Crippen molar-refractivity contribution >= 4 is 39.2 Å².